The van der Waals surface area contributed by atoms with E-state index in [1.165, 1.54) is 0 Å². The van der Waals surface area contributed by atoms with Crippen molar-refractivity contribution in [3.05, 3.63) is 66.1 Å². The highest BCUT2D eigenvalue weighted by Gasteiger charge is 2.13. The molecule has 3 rings (SSSR count). The molecule has 2 aromatic heterocycles. The molecule has 5 nitrogen and oxygen atoms in total. The molecule has 0 bridgehead atoms. The van der Waals surface area contributed by atoms with Gasteiger partial charge < -0.3 is 4.40 Å². The summed E-state index contributed by atoms with van der Waals surface area (Å²) in [6, 6.07) is 14.1. The Bertz CT molecular complexity index is 870. The lowest BCUT2D eigenvalue weighted by atomic mass is 10.4. The Morgan fingerprint density at radius 1 is 1.10 bits per heavy atom. The molecule has 2 heterocycles. The number of sulfonamides is 1. The van der Waals surface area contributed by atoms with Crippen LogP contribution in [0.25, 0.3) is 5.65 Å². The van der Waals surface area contributed by atoms with Gasteiger partial charge in [0.2, 0.25) is 10.0 Å². The zero-order valence-electron chi connectivity index (χ0n) is 11.5. The number of nitrogens with one attached hydrogen (secondary N) is 1. The number of hydrogen-bond acceptors (Lipinski definition) is 3. The maximum absolute atomic E-state index is 12.1. The van der Waals surface area contributed by atoms with Crippen LogP contribution in [0.5, 0.6) is 0 Å². The Balaban J connectivity index is 1.82. The van der Waals surface area contributed by atoms with E-state index in [9.17, 15) is 8.42 Å². The first-order valence-electron chi connectivity index (χ1n) is 6.54. The Labute approximate surface area is 123 Å². The minimum Gasteiger partial charge on any atom is -0.304 e. The molecule has 0 unspecified atom stereocenters. The van der Waals surface area contributed by atoms with Gasteiger partial charge in [0, 0.05) is 11.9 Å². The number of rotatable bonds is 4. The van der Waals surface area contributed by atoms with E-state index in [-0.39, 0.29) is 11.4 Å². The first kappa shape index (κ1) is 13.8. The highest BCUT2D eigenvalue weighted by Crippen LogP contribution is 2.11. The predicted molar refractivity (Wildman–Crippen MR) is 80.4 cm³/mol. The first-order chi connectivity index (χ1) is 10.1. The summed E-state index contributed by atoms with van der Waals surface area (Å²) in [6.45, 7) is 2.14. The zero-order chi connectivity index (χ0) is 14.9. The standard InChI is InChI=1S/C15H15N3O2S/c1-12-6-5-9-15-17-13(11-18(12)15)10-16-21(19,20)14-7-3-2-4-8-14/h2-9,11,16H,10H2,1H3. The van der Waals surface area contributed by atoms with Crippen LogP contribution >= 0.6 is 0 Å². The number of fused-ring (bicyclic) bond motifs is 1. The molecule has 0 spiro atoms. The lowest BCUT2D eigenvalue weighted by Gasteiger charge is -2.04. The van der Waals surface area contributed by atoms with Crippen LogP contribution < -0.4 is 4.72 Å². The molecular weight excluding hydrogens is 286 g/mol. The average molecular weight is 301 g/mol. The first-order valence-corrected chi connectivity index (χ1v) is 8.03. The predicted octanol–water partition coefficient (Wildman–Crippen LogP) is 2.12. The van der Waals surface area contributed by atoms with E-state index in [0.717, 1.165) is 11.3 Å². The highest BCUT2D eigenvalue weighted by atomic mass is 32.2. The highest BCUT2D eigenvalue weighted by molar-refractivity contribution is 7.89. The van der Waals surface area contributed by atoms with Gasteiger partial charge in [-0.15, -0.1) is 0 Å². The van der Waals surface area contributed by atoms with Gasteiger partial charge in [0.1, 0.15) is 5.65 Å². The van der Waals surface area contributed by atoms with Gasteiger partial charge in [0.25, 0.3) is 0 Å². The number of hydrogen-bond donors (Lipinski definition) is 1. The van der Waals surface area contributed by atoms with E-state index in [1.807, 2.05) is 35.7 Å². The van der Waals surface area contributed by atoms with Crippen molar-refractivity contribution in [3.63, 3.8) is 0 Å². The molecule has 1 aromatic carbocycles. The molecule has 6 heteroatoms. The number of aryl methyl sites for hydroxylation is 1. The molecular formula is C15H15N3O2S. The number of benzene rings is 1. The zero-order valence-corrected chi connectivity index (χ0v) is 12.3. The minimum atomic E-state index is -3.51. The maximum atomic E-state index is 12.1. The van der Waals surface area contributed by atoms with Crippen LogP contribution in [0.2, 0.25) is 0 Å². The molecule has 0 aliphatic rings. The summed E-state index contributed by atoms with van der Waals surface area (Å²) in [5, 5.41) is 0. The molecule has 108 valence electrons. The van der Waals surface area contributed by atoms with Crippen LogP contribution in [0.4, 0.5) is 0 Å². The van der Waals surface area contributed by atoms with Gasteiger partial charge in [-0.2, -0.15) is 0 Å². The summed E-state index contributed by atoms with van der Waals surface area (Å²) < 4.78 is 28.8. The van der Waals surface area contributed by atoms with Crippen molar-refractivity contribution in [2.75, 3.05) is 0 Å². The van der Waals surface area contributed by atoms with E-state index < -0.39 is 10.0 Å². The van der Waals surface area contributed by atoms with Gasteiger partial charge in [0.15, 0.2) is 0 Å². The third kappa shape index (κ3) is 2.81. The SMILES string of the molecule is Cc1cccc2nc(CNS(=O)(=O)c3ccccc3)cn12. The summed E-state index contributed by atoms with van der Waals surface area (Å²) in [4.78, 5) is 4.66. The van der Waals surface area contributed by atoms with Gasteiger partial charge in [-0.25, -0.2) is 18.1 Å². The number of pyridine rings is 1. The van der Waals surface area contributed by atoms with E-state index in [2.05, 4.69) is 9.71 Å². The fourth-order valence-electron chi connectivity index (χ4n) is 2.14. The minimum absolute atomic E-state index is 0.165. The molecule has 0 atom stereocenters. The maximum Gasteiger partial charge on any atom is 0.240 e. The third-order valence-electron chi connectivity index (χ3n) is 3.24. The van der Waals surface area contributed by atoms with Crippen LogP contribution in [-0.4, -0.2) is 17.8 Å². The van der Waals surface area contributed by atoms with Gasteiger partial charge in [-0.3, -0.25) is 0 Å². The molecule has 0 aliphatic heterocycles. The Morgan fingerprint density at radius 2 is 1.86 bits per heavy atom. The number of nitrogens with zero attached hydrogens (tertiary/aromatic N) is 2. The van der Waals surface area contributed by atoms with Crippen molar-refractivity contribution in [2.24, 2.45) is 0 Å². The second-order valence-electron chi connectivity index (χ2n) is 4.77. The molecule has 3 aromatic rings. The monoisotopic (exact) mass is 301 g/mol. The summed E-state index contributed by atoms with van der Waals surface area (Å²) in [5.41, 5.74) is 2.55. The Morgan fingerprint density at radius 3 is 2.57 bits per heavy atom. The van der Waals surface area contributed by atoms with E-state index in [1.54, 1.807) is 30.3 Å². The van der Waals surface area contributed by atoms with Crippen LogP contribution in [0, 0.1) is 6.92 Å². The lowest BCUT2D eigenvalue weighted by molar-refractivity contribution is 0.580. The molecule has 0 radical (unpaired) electrons. The number of imidazole rings is 1. The van der Waals surface area contributed by atoms with Crippen molar-refractivity contribution in [1.29, 1.82) is 0 Å². The van der Waals surface area contributed by atoms with Crippen molar-refractivity contribution in [1.82, 2.24) is 14.1 Å². The molecule has 0 amide bonds. The van der Waals surface area contributed by atoms with Crippen molar-refractivity contribution in [2.45, 2.75) is 18.4 Å². The van der Waals surface area contributed by atoms with Gasteiger partial charge in [0.05, 0.1) is 17.1 Å². The van der Waals surface area contributed by atoms with Gasteiger partial charge in [-0.05, 0) is 31.2 Å². The molecule has 0 aliphatic carbocycles. The van der Waals surface area contributed by atoms with E-state index in [4.69, 9.17) is 0 Å². The quantitative estimate of drug-likeness (QED) is 0.803. The summed E-state index contributed by atoms with van der Waals surface area (Å²) in [6.07, 6.45) is 1.85. The van der Waals surface area contributed by atoms with Crippen molar-refractivity contribution < 1.29 is 8.42 Å². The smallest absolute Gasteiger partial charge is 0.240 e. The summed E-state index contributed by atoms with van der Waals surface area (Å²) in [5.74, 6) is 0. The van der Waals surface area contributed by atoms with Gasteiger partial charge >= 0.3 is 0 Å². The molecule has 1 N–H and O–H groups in total. The van der Waals surface area contributed by atoms with Crippen molar-refractivity contribution >= 4 is 15.7 Å². The van der Waals surface area contributed by atoms with Gasteiger partial charge in [-0.1, -0.05) is 24.3 Å². The molecule has 0 saturated carbocycles. The molecule has 0 saturated heterocycles. The number of aromatic nitrogens is 2. The van der Waals surface area contributed by atoms with E-state index in [0.29, 0.717) is 5.69 Å². The average Bonchev–Trinajstić information content (AvgIpc) is 2.91. The fourth-order valence-corrected chi connectivity index (χ4v) is 3.16. The van der Waals surface area contributed by atoms with E-state index >= 15 is 0 Å². The van der Waals surface area contributed by atoms with Crippen LogP contribution in [0.1, 0.15) is 11.4 Å². The lowest BCUT2D eigenvalue weighted by Crippen LogP contribution is -2.23. The largest absolute Gasteiger partial charge is 0.304 e. The van der Waals surface area contributed by atoms with Crippen molar-refractivity contribution in [3.8, 4) is 0 Å². The van der Waals surface area contributed by atoms with Crippen LogP contribution in [0.3, 0.4) is 0 Å². The Hall–Kier alpha value is -2.18. The van der Waals surface area contributed by atoms with Crippen LogP contribution in [0.15, 0.2) is 59.6 Å². The second-order valence-corrected chi connectivity index (χ2v) is 6.53. The Kier molecular flexibility index (Phi) is 3.48. The molecule has 0 fully saturated rings. The summed E-state index contributed by atoms with van der Waals surface area (Å²) >= 11 is 0. The normalized spacial score (nSPS) is 11.9. The molecule has 21 heavy (non-hydrogen) atoms. The fraction of sp³-hybridized carbons (Fsp3) is 0.133. The third-order valence-corrected chi connectivity index (χ3v) is 4.66. The summed E-state index contributed by atoms with van der Waals surface area (Å²) in [7, 11) is -3.51. The van der Waals surface area contributed by atoms with Crippen LogP contribution in [-0.2, 0) is 16.6 Å². The topological polar surface area (TPSA) is 63.5 Å². The second kappa shape index (κ2) is 5.31.